The van der Waals surface area contributed by atoms with Crippen molar-refractivity contribution < 1.29 is 17.9 Å². The second kappa shape index (κ2) is 5.70. The average Bonchev–Trinajstić information content (AvgIpc) is 2.36. The molecule has 0 saturated carbocycles. The van der Waals surface area contributed by atoms with E-state index in [4.69, 9.17) is 10.5 Å². The Hall–Kier alpha value is -1.76. The minimum absolute atomic E-state index is 0.00180. The number of anilines is 1. The highest BCUT2D eigenvalue weighted by Gasteiger charge is 2.26. The van der Waals surface area contributed by atoms with E-state index in [-0.39, 0.29) is 23.5 Å². The molecule has 110 valence electrons. The van der Waals surface area contributed by atoms with Crippen molar-refractivity contribution in [3.05, 3.63) is 23.8 Å². The Morgan fingerprint density at radius 2 is 2.15 bits per heavy atom. The summed E-state index contributed by atoms with van der Waals surface area (Å²) in [5.74, 6) is 0.355. The van der Waals surface area contributed by atoms with Crippen LogP contribution in [0, 0.1) is 0 Å². The Bertz CT molecular complexity index is 613. The molecule has 0 aromatic heterocycles. The third-order valence-corrected chi connectivity index (χ3v) is 5.05. The van der Waals surface area contributed by atoms with Crippen molar-refractivity contribution in [2.75, 3.05) is 24.3 Å². The molecule has 0 bridgehead atoms. The Labute approximate surface area is 118 Å². The first-order chi connectivity index (χ1) is 9.39. The number of carbonyl (C=O) groups excluding carboxylic acids is 1. The molecule has 1 atom stereocenters. The van der Waals surface area contributed by atoms with E-state index >= 15 is 0 Å². The largest absolute Gasteiger partial charge is 0.497 e. The SMILES string of the molecule is COc1cc(N)cc(C(=O)NC2CCCS(=O)(=O)C2)c1. The number of hydrogen-bond acceptors (Lipinski definition) is 5. The van der Waals surface area contributed by atoms with Crippen molar-refractivity contribution in [3.8, 4) is 5.75 Å². The van der Waals surface area contributed by atoms with Gasteiger partial charge in [0.25, 0.3) is 5.91 Å². The van der Waals surface area contributed by atoms with Gasteiger partial charge in [0.1, 0.15) is 5.75 Å². The molecule has 1 heterocycles. The highest BCUT2D eigenvalue weighted by Crippen LogP contribution is 2.19. The number of hydrogen-bond donors (Lipinski definition) is 2. The fourth-order valence-electron chi connectivity index (χ4n) is 2.28. The molecule has 0 spiro atoms. The number of methoxy groups -OCH3 is 1. The van der Waals surface area contributed by atoms with Gasteiger partial charge in [0.2, 0.25) is 0 Å². The number of amides is 1. The fourth-order valence-corrected chi connectivity index (χ4v) is 3.91. The summed E-state index contributed by atoms with van der Waals surface area (Å²) in [6.07, 6.45) is 1.25. The Balaban J connectivity index is 2.10. The lowest BCUT2D eigenvalue weighted by molar-refractivity contribution is 0.0938. The van der Waals surface area contributed by atoms with E-state index in [1.807, 2.05) is 0 Å². The Morgan fingerprint density at radius 1 is 1.40 bits per heavy atom. The van der Waals surface area contributed by atoms with Crippen LogP contribution in [0.25, 0.3) is 0 Å². The van der Waals surface area contributed by atoms with Crippen LogP contribution >= 0.6 is 0 Å². The minimum Gasteiger partial charge on any atom is -0.497 e. The van der Waals surface area contributed by atoms with Crippen molar-refractivity contribution in [1.82, 2.24) is 5.32 Å². The van der Waals surface area contributed by atoms with Gasteiger partial charge in [-0.15, -0.1) is 0 Å². The molecule has 1 aliphatic rings. The summed E-state index contributed by atoms with van der Waals surface area (Å²) in [5.41, 5.74) is 6.48. The second-order valence-electron chi connectivity index (χ2n) is 4.92. The molecule has 1 aliphatic heterocycles. The first kappa shape index (κ1) is 14.6. The van der Waals surface area contributed by atoms with Gasteiger partial charge in [-0.2, -0.15) is 0 Å². The van der Waals surface area contributed by atoms with E-state index in [9.17, 15) is 13.2 Å². The second-order valence-corrected chi connectivity index (χ2v) is 7.15. The number of carbonyl (C=O) groups is 1. The Kier molecular flexibility index (Phi) is 4.17. The van der Waals surface area contributed by atoms with Gasteiger partial charge in [-0.05, 0) is 25.0 Å². The van der Waals surface area contributed by atoms with E-state index in [1.54, 1.807) is 12.1 Å². The molecule has 2 rings (SSSR count). The van der Waals surface area contributed by atoms with Gasteiger partial charge >= 0.3 is 0 Å². The summed E-state index contributed by atoms with van der Waals surface area (Å²) in [6.45, 7) is 0. The monoisotopic (exact) mass is 298 g/mol. The molecular weight excluding hydrogens is 280 g/mol. The number of sulfone groups is 1. The quantitative estimate of drug-likeness (QED) is 0.796. The van der Waals surface area contributed by atoms with Crippen LogP contribution < -0.4 is 15.8 Å². The van der Waals surface area contributed by atoms with Crippen LogP contribution in [0.1, 0.15) is 23.2 Å². The number of benzene rings is 1. The normalized spacial score (nSPS) is 21.1. The van der Waals surface area contributed by atoms with E-state index in [2.05, 4.69) is 5.32 Å². The number of nitrogens with two attached hydrogens (primary N) is 1. The maximum atomic E-state index is 12.1. The van der Waals surface area contributed by atoms with Crippen LogP contribution in [0.2, 0.25) is 0 Å². The zero-order valence-corrected chi connectivity index (χ0v) is 12.1. The van der Waals surface area contributed by atoms with Crippen LogP contribution in [-0.2, 0) is 9.84 Å². The van der Waals surface area contributed by atoms with Crippen LogP contribution in [-0.4, -0.2) is 39.0 Å². The van der Waals surface area contributed by atoms with Gasteiger partial charge < -0.3 is 15.8 Å². The number of nitrogens with one attached hydrogen (secondary N) is 1. The van der Waals surface area contributed by atoms with E-state index in [0.29, 0.717) is 29.8 Å². The number of rotatable bonds is 3. The van der Waals surface area contributed by atoms with Gasteiger partial charge in [0, 0.05) is 23.4 Å². The number of nitrogen functional groups attached to an aromatic ring is 1. The summed E-state index contributed by atoms with van der Waals surface area (Å²) in [6, 6.07) is 4.38. The molecule has 0 radical (unpaired) electrons. The molecule has 7 heteroatoms. The van der Waals surface area contributed by atoms with Crippen molar-refractivity contribution in [1.29, 1.82) is 0 Å². The van der Waals surface area contributed by atoms with Crippen molar-refractivity contribution in [3.63, 3.8) is 0 Å². The molecule has 1 unspecified atom stereocenters. The predicted octanol–water partition coefficient (Wildman–Crippen LogP) is 0.584. The molecule has 1 fully saturated rings. The van der Waals surface area contributed by atoms with Crippen molar-refractivity contribution in [2.24, 2.45) is 0 Å². The molecule has 1 amide bonds. The average molecular weight is 298 g/mol. The summed E-state index contributed by atoms with van der Waals surface area (Å²) in [5, 5.41) is 2.74. The summed E-state index contributed by atoms with van der Waals surface area (Å²) in [4.78, 5) is 12.1. The molecule has 1 aromatic rings. The first-order valence-electron chi connectivity index (χ1n) is 6.35. The van der Waals surface area contributed by atoms with Gasteiger partial charge in [0.15, 0.2) is 9.84 Å². The standard InChI is InChI=1S/C13H18N2O4S/c1-19-12-6-9(5-10(14)7-12)13(16)15-11-3-2-4-20(17,18)8-11/h5-7,11H,2-4,8,14H2,1H3,(H,15,16). The third-order valence-electron chi connectivity index (χ3n) is 3.23. The molecule has 20 heavy (non-hydrogen) atoms. The maximum absolute atomic E-state index is 12.1. The first-order valence-corrected chi connectivity index (χ1v) is 8.17. The smallest absolute Gasteiger partial charge is 0.251 e. The van der Waals surface area contributed by atoms with Crippen LogP contribution in [0.5, 0.6) is 5.75 Å². The summed E-state index contributed by atoms with van der Waals surface area (Å²) >= 11 is 0. The third kappa shape index (κ3) is 3.63. The lowest BCUT2D eigenvalue weighted by Gasteiger charge is -2.23. The fraction of sp³-hybridized carbons (Fsp3) is 0.462. The molecular formula is C13H18N2O4S. The van der Waals surface area contributed by atoms with Gasteiger partial charge in [-0.25, -0.2) is 8.42 Å². The van der Waals surface area contributed by atoms with Crippen LogP contribution in [0.3, 0.4) is 0 Å². The predicted molar refractivity (Wildman–Crippen MR) is 76.5 cm³/mol. The summed E-state index contributed by atoms with van der Waals surface area (Å²) < 4.78 is 28.1. The minimum atomic E-state index is -3.04. The van der Waals surface area contributed by atoms with E-state index in [1.165, 1.54) is 13.2 Å². The van der Waals surface area contributed by atoms with Gasteiger partial charge in [0.05, 0.1) is 18.6 Å². The van der Waals surface area contributed by atoms with Crippen molar-refractivity contribution in [2.45, 2.75) is 18.9 Å². The van der Waals surface area contributed by atoms with Crippen molar-refractivity contribution >= 4 is 21.4 Å². The zero-order chi connectivity index (χ0) is 14.8. The highest BCUT2D eigenvalue weighted by atomic mass is 32.2. The van der Waals surface area contributed by atoms with E-state index in [0.717, 1.165) is 0 Å². The topological polar surface area (TPSA) is 98.5 Å². The van der Waals surface area contributed by atoms with Gasteiger partial charge in [-0.1, -0.05) is 0 Å². The van der Waals surface area contributed by atoms with Gasteiger partial charge in [-0.3, -0.25) is 4.79 Å². The van der Waals surface area contributed by atoms with E-state index < -0.39 is 9.84 Å². The zero-order valence-electron chi connectivity index (χ0n) is 11.3. The van der Waals surface area contributed by atoms with Crippen LogP contribution in [0.15, 0.2) is 18.2 Å². The highest BCUT2D eigenvalue weighted by molar-refractivity contribution is 7.91. The molecule has 6 nitrogen and oxygen atoms in total. The summed E-state index contributed by atoms with van der Waals surface area (Å²) in [7, 11) is -1.55. The molecule has 1 aromatic carbocycles. The molecule has 3 N–H and O–H groups in total. The molecule has 0 aliphatic carbocycles. The molecule has 1 saturated heterocycles. The lowest BCUT2D eigenvalue weighted by atomic mass is 10.1. The maximum Gasteiger partial charge on any atom is 0.251 e. The van der Waals surface area contributed by atoms with Crippen LogP contribution in [0.4, 0.5) is 5.69 Å². The Morgan fingerprint density at radius 3 is 2.80 bits per heavy atom. The number of ether oxygens (including phenoxy) is 1. The lowest BCUT2D eigenvalue weighted by Crippen LogP contribution is -2.43.